The highest BCUT2D eigenvalue weighted by Crippen LogP contribution is 2.30. The summed E-state index contributed by atoms with van der Waals surface area (Å²) in [5.74, 6) is 0.212. The zero-order chi connectivity index (χ0) is 17.9. The highest BCUT2D eigenvalue weighted by Gasteiger charge is 2.33. The topological polar surface area (TPSA) is 46.1 Å². The molecule has 1 aromatic heterocycles. The van der Waals surface area contributed by atoms with E-state index in [-0.39, 0.29) is 11.3 Å². The van der Waals surface area contributed by atoms with Gasteiger partial charge in [0.15, 0.2) is 0 Å². The summed E-state index contributed by atoms with van der Waals surface area (Å²) in [6.45, 7) is 10.4. The number of para-hydroxylation sites is 1. The lowest BCUT2D eigenvalue weighted by Gasteiger charge is -2.30. The second kappa shape index (κ2) is 7.62. The molecule has 0 saturated heterocycles. The lowest BCUT2D eigenvalue weighted by atomic mass is 9.91. The minimum Gasteiger partial charge on any atom is -0.304 e. The molecule has 130 valence electrons. The van der Waals surface area contributed by atoms with Crippen molar-refractivity contribution in [2.24, 2.45) is 5.41 Å². The minimum absolute atomic E-state index is 0.114. The highest BCUT2D eigenvalue weighted by atomic mass is 35.5. The number of benzene rings is 1. The predicted octanol–water partition coefficient (Wildman–Crippen LogP) is 4.85. The zero-order valence-corrected chi connectivity index (χ0v) is 16.4. The molecule has 0 N–H and O–H groups in total. The molecule has 0 radical (unpaired) electrons. The smallest absolute Gasteiger partial charge is 0.245 e. The number of alkyl halides is 1. The number of halogens is 1. The van der Waals surface area contributed by atoms with E-state index in [9.17, 15) is 4.79 Å². The Hall–Kier alpha value is -1.46. The molecule has 0 spiro atoms. The molecule has 0 fully saturated rings. The number of amides is 1. The van der Waals surface area contributed by atoms with Crippen LogP contribution >= 0.6 is 22.9 Å². The van der Waals surface area contributed by atoms with Crippen LogP contribution in [0.1, 0.15) is 50.6 Å². The van der Waals surface area contributed by atoms with Crippen LogP contribution < -0.4 is 4.90 Å². The Labute approximate surface area is 152 Å². The van der Waals surface area contributed by atoms with Crippen molar-refractivity contribution in [2.75, 3.05) is 4.90 Å². The number of carbonyl (C=O) groups is 1. The van der Waals surface area contributed by atoms with Gasteiger partial charge in [0.2, 0.25) is 5.91 Å². The molecular weight excluding hydrogens is 342 g/mol. The number of anilines is 1. The average molecular weight is 366 g/mol. The molecule has 0 aliphatic heterocycles. The van der Waals surface area contributed by atoms with Crippen molar-refractivity contribution in [1.29, 1.82) is 0 Å². The fourth-order valence-corrected chi connectivity index (χ4v) is 3.06. The van der Waals surface area contributed by atoms with Gasteiger partial charge in [-0.25, -0.2) is 0 Å². The molecule has 24 heavy (non-hydrogen) atoms. The van der Waals surface area contributed by atoms with Gasteiger partial charge in [0.05, 0.1) is 6.54 Å². The molecule has 4 nitrogen and oxygen atoms in total. The van der Waals surface area contributed by atoms with E-state index >= 15 is 0 Å². The van der Waals surface area contributed by atoms with Crippen LogP contribution in [0, 0.1) is 5.41 Å². The fourth-order valence-electron chi connectivity index (χ4n) is 2.11. The van der Waals surface area contributed by atoms with Crippen molar-refractivity contribution in [3.05, 3.63) is 40.3 Å². The normalized spacial score (nSPS) is 13.1. The van der Waals surface area contributed by atoms with Crippen LogP contribution in [0.25, 0.3) is 0 Å². The molecule has 1 unspecified atom stereocenters. The first-order chi connectivity index (χ1) is 11.2. The van der Waals surface area contributed by atoms with Crippen LogP contribution in [0.15, 0.2) is 30.3 Å². The zero-order valence-electron chi connectivity index (χ0n) is 14.8. The maximum atomic E-state index is 13.0. The van der Waals surface area contributed by atoms with Crippen molar-refractivity contribution < 1.29 is 4.79 Å². The van der Waals surface area contributed by atoms with Crippen LogP contribution in [0.5, 0.6) is 0 Å². The van der Waals surface area contributed by atoms with Crippen LogP contribution in [0.2, 0.25) is 0 Å². The molecule has 0 saturated carbocycles. The summed E-state index contributed by atoms with van der Waals surface area (Å²) in [6, 6.07) is 9.57. The number of hydrogen-bond acceptors (Lipinski definition) is 4. The van der Waals surface area contributed by atoms with Crippen LogP contribution in [-0.2, 0) is 11.3 Å². The van der Waals surface area contributed by atoms with E-state index in [4.69, 9.17) is 11.6 Å². The van der Waals surface area contributed by atoms with E-state index < -0.39 is 5.38 Å². The predicted molar refractivity (Wildman–Crippen MR) is 101 cm³/mol. The summed E-state index contributed by atoms with van der Waals surface area (Å²) >= 11 is 7.99. The van der Waals surface area contributed by atoms with Crippen molar-refractivity contribution in [3.8, 4) is 0 Å². The van der Waals surface area contributed by atoms with E-state index in [1.54, 1.807) is 16.2 Å². The summed E-state index contributed by atoms with van der Waals surface area (Å²) in [5, 5.41) is 9.62. The summed E-state index contributed by atoms with van der Waals surface area (Å²) in [4.78, 5) is 14.7. The van der Waals surface area contributed by atoms with Crippen molar-refractivity contribution in [1.82, 2.24) is 10.2 Å². The maximum absolute atomic E-state index is 13.0. The van der Waals surface area contributed by atoms with Crippen molar-refractivity contribution in [3.63, 3.8) is 0 Å². The highest BCUT2D eigenvalue weighted by molar-refractivity contribution is 7.11. The molecule has 0 bridgehead atoms. The third kappa shape index (κ3) is 4.54. The van der Waals surface area contributed by atoms with Gasteiger partial charge in [-0.1, -0.05) is 64.2 Å². The molecular formula is C18H24ClN3OS. The largest absolute Gasteiger partial charge is 0.304 e. The molecule has 0 aliphatic carbocycles. The first-order valence-electron chi connectivity index (χ1n) is 8.03. The maximum Gasteiger partial charge on any atom is 0.245 e. The average Bonchev–Trinajstić information content (AvgIpc) is 3.00. The second-order valence-corrected chi connectivity index (χ2v) is 8.71. The fraction of sp³-hybridized carbons (Fsp3) is 0.500. The van der Waals surface area contributed by atoms with Crippen LogP contribution in [0.3, 0.4) is 0 Å². The lowest BCUT2D eigenvalue weighted by Crippen LogP contribution is -2.42. The Kier molecular flexibility index (Phi) is 5.99. The Morgan fingerprint density at radius 1 is 1.21 bits per heavy atom. The van der Waals surface area contributed by atoms with Gasteiger partial charge in [-0.3, -0.25) is 4.79 Å². The standard InChI is InChI=1S/C18H24ClN3OS/c1-12(2)16-21-20-14(24-16)11-22(13-9-7-6-8-10-13)17(23)15(19)18(3,4)5/h6-10,12,15H,11H2,1-5H3. The number of carbonyl (C=O) groups excluding carboxylic acids is 1. The third-order valence-corrected chi connectivity index (χ3v) is 5.63. The van der Waals surface area contributed by atoms with E-state index in [0.717, 1.165) is 15.7 Å². The Bertz CT molecular complexity index is 679. The van der Waals surface area contributed by atoms with Gasteiger partial charge in [0, 0.05) is 11.6 Å². The molecule has 1 aromatic carbocycles. The van der Waals surface area contributed by atoms with Crippen molar-refractivity contribution >= 4 is 34.5 Å². The summed E-state index contributed by atoms with van der Waals surface area (Å²) in [5.41, 5.74) is 0.495. The molecule has 6 heteroatoms. The molecule has 1 amide bonds. The van der Waals surface area contributed by atoms with Gasteiger partial charge in [0.1, 0.15) is 15.4 Å². The van der Waals surface area contributed by atoms with Gasteiger partial charge < -0.3 is 4.90 Å². The summed E-state index contributed by atoms with van der Waals surface area (Å²) in [6.07, 6.45) is 0. The summed E-state index contributed by atoms with van der Waals surface area (Å²) < 4.78 is 0. The van der Waals surface area contributed by atoms with E-state index in [0.29, 0.717) is 12.5 Å². The van der Waals surface area contributed by atoms with Gasteiger partial charge in [-0.15, -0.1) is 21.8 Å². The Morgan fingerprint density at radius 3 is 2.33 bits per heavy atom. The molecule has 1 heterocycles. The number of aromatic nitrogens is 2. The van der Waals surface area contributed by atoms with E-state index in [2.05, 4.69) is 24.0 Å². The van der Waals surface area contributed by atoms with Crippen LogP contribution in [0.4, 0.5) is 5.69 Å². The molecule has 2 aromatic rings. The number of nitrogens with zero attached hydrogens (tertiary/aromatic N) is 3. The first-order valence-corrected chi connectivity index (χ1v) is 9.28. The SMILES string of the molecule is CC(C)c1nnc(CN(C(=O)C(Cl)C(C)(C)C)c2ccccc2)s1. The Morgan fingerprint density at radius 2 is 1.83 bits per heavy atom. The van der Waals surface area contributed by atoms with Gasteiger partial charge >= 0.3 is 0 Å². The lowest BCUT2D eigenvalue weighted by molar-refractivity contribution is -0.120. The second-order valence-electron chi connectivity index (χ2n) is 7.18. The number of hydrogen-bond donors (Lipinski definition) is 0. The first kappa shape index (κ1) is 18.9. The minimum atomic E-state index is -0.616. The summed E-state index contributed by atoms with van der Waals surface area (Å²) in [7, 11) is 0. The van der Waals surface area contributed by atoms with Gasteiger partial charge in [0.25, 0.3) is 0 Å². The number of rotatable bonds is 5. The van der Waals surface area contributed by atoms with E-state index in [1.807, 2.05) is 51.1 Å². The third-order valence-electron chi connectivity index (χ3n) is 3.58. The quantitative estimate of drug-likeness (QED) is 0.711. The molecule has 1 atom stereocenters. The monoisotopic (exact) mass is 365 g/mol. The van der Waals surface area contributed by atoms with E-state index in [1.165, 1.54) is 0 Å². The van der Waals surface area contributed by atoms with Crippen LogP contribution in [-0.4, -0.2) is 21.5 Å². The molecule has 2 rings (SSSR count). The van der Waals surface area contributed by atoms with Gasteiger partial charge in [-0.05, 0) is 17.5 Å². The van der Waals surface area contributed by atoms with Crippen molar-refractivity contribution in [2.45, 2.75) is 52.5 Å². The van der Waals surface area contributed by atoms with Gasteiger partial charge in [-0.2, -0.15) is 0 Å². The molecule has 0 aliphatic rings. The Balaban J connectivity index is 2.31.